The van der Waals surface area contributed by atoms with E-state index in [2.05, 4.69) is 10.3 Å². The Labute approximate surface area is 110 Å². The number of hydrogen-bond acceptors (Lipinski definition) is 4. The van der Waals surface area contributed by atoms with Crippen LogP contribution in [0.2, 0.25) is 0 Å². The Kier molecular flexibility index (Phi) is 3.66. The third kappa shape index (κ3) is 3.22. The predicted molar refractivity (Wildman–Crippen MR) is 72.2 cm³/mol. The first-order chi connectivity index (χ1) is 9.08. The maximum Gasteiger partial charge on any atom is 0.335 e. The van der Waals surface area contributed by atoms with Crippen LogP contribution < -0.4 is 10.1 Å². The number of carboxylic acids is 1. The smallest absolute Gasteiger partial charge is 0.335 e. The zero-order valence-electron chi connectivity index (χ0n) is 10.7. The van der Waals surface area contributed by atoms with Gasteiger partial charge in [-0.05, 0) is 31.2 Å². The van der Waals surface area contributed by atoms with Crippen LogP contribution in [0.4, 0.5) is 11.5 Å². The van der Waals surface area contributed by atoms with Crippen LogP contribution in [-0.2, 0) is 0 Å². The Balaban J connectivity index is 2.29. The van der Waals surface area contributed by atoms with Crippen molar-refractivity contribution in [2.45, 2.75) is 6.92 Å². The van der Waals surface area contributed by atoms with Crippen molar-refractivity contribution in [2.24, 2.45) is 0 Å². The summed E-state index contributed by atoms with van der Waals surface area (Å²) in [5, 5.41) is 12.1. The zero-order valence-corrected chi connectivity index (χ0v) is 10.7. The molecule has 98 valence electrons. The maximum atomic E-state index is 11.0. The number of pyridine rings is 1. The molecule has 0 radical (unpaired) electrons. The van der Waals surface area contributed by atoms with E-state index >= 15 is 0 Å². The largest absolute Gasteiger partial charge is 0.497 e. The van der Waals surface area contributed by atoms with Crippen molar-refractivity contribution in [1.82, 2.24) is 4.98 Å². The number of methoxy groups -OCH3 is 1. The van der Waals surface area contributed by atoms with Gasteiger partial charge < -0.3 is 15.2 Å². The molecular weight excluding hydrogens is 244 g/mol. The van der Waals surface area contributed by atoms with E-state index in [0.29, 0.717) is 11.5 Å². The van der Waals surface area contributed by atoms with Gasteiger partial charge in [-0.25, -0.2) is 9.78 Å². The lowest BCUT2D eigenvalue weighted by atomic mass is 10.2. The Morgan fingerprint density at radius 2 is 2.11 bits per heavy atom. The van der Waals surface area contributed by atoms with Crippen molar-refractivity contribution < 1.29 is 14.6 Å². The highest BCUT2D eigenvalue weighted by Gasteiger charge is 2.07. The van der Waals surface area contributed by atoms with Gasteiger partial charge in [0.2, 0.25) is 0 Å². The Morgan fingerprint density at radius 3 is 2.79 bits per heavy atom. The van der Waals surface area contributed by atoms with Gasteiger partial charge in [0.1, 0.15) is 11.6 Å². The average molecular weight is 258 g/mol. The van der Waals surface area contributed by atoms with Crippen LogP contribution in [0.1, 0.15) is 16.1 Å². The maximum absolute atomic E-state index is 11.0. The summed E-state index contributed by atoms with van der Waals surface area (Å²) in [7, 11) is 1.59. The minimum absolute atomic E-state index is 0.206. The van der Waals surface area contributed by atoms with E-state index in [4.69, 9.17) is 9.84 Å². The lowest BCUT2D eigenvalue weighted by Crippen LogP contribution is -2.02. The van der Waals surface area contributed by atoms with E-state index in [1.165, 1.54) is 12.1 Å². The molecular formula is C14H14N2O3. The lowest BCUT2D eigenvalue weighted by Gasteiger charge is -2.09. The fraction of sp³-hybridized carbons (Fsp3) is 0.143. The molecule has 0 amide bonds. The summed E-state index contributed by atoms with van der Waals surface area (Å²) < 4.78 is 5.12. The number of hydrogen-bond donors (Lipinski definition) is 2. The molecule has 5 nitrogen and oxygen atoms in total. The molecule has 0 saturated heterocycles. The number of carbonyl (C=O) groups is 1. The van der Waals surface area contributed by atoms with E-state index in [9.17, 15) is 4.79 Å². The normalized spacial score (nSPS) is 10.0. The minimum atomic E-state index is -0.973. The van der Waals surface area contributed by atoms with Crippen molar-refractivity contribution in [3.8, 4) is 5.75 Å². The van der Waals surface area contributed by atoms with Gasteiger partial charge in [-0.1, -0.05) is 6.07 Å². The van der Waals surface area contributed by atoms with Gasteiger partial charge in [0.05, 0.1) is 12.7 Å². The van der Waals surface area contributed by atoms with Gasteiger partial charge >= 0.3 is 5.97 Å². The van der Waals surface area contributed by atoms with Gasteiger partial charge in [-0.2, -0.15) is 0 Å². The van der Waals surface area contributed by atoms with Crippen LogP contribution in [0.5, 0.6) is 5.75 Å². The van der Waals surface area contributed by atoms with Crippen LogP contribution >= 0.6 is 0 Å². The Bertz CT molecular complexity index is 611. The summed E-state index contributed by atoms with van der Waals surface area (Å²) in [6.07, 6.45) is 0. The summed E-state index contributed by atoms with van der Waals surface area (Å²) in [5.74, 6) is 0.237. The number of aromatic nitrogens is 1. The van der Waals surface area contributed by atoms with Crippen LogP contribution in [0.25, 0.3) is 0 Å². The second-order valence-corrected chi connectivity index (χ2v) is 4.04. The van der Waals surface area contributed by atoms with E-state index in [1.54, 1.807) is 14.0 Å². The van der Waals surface area contributed by atoms with Gasteiger partial charge in [0, 0.05) is 17.4 Å². The Hall–Kier alpha value is -2.56. The number of nitrogens with zero attached hydrogens (tertiary/aromatic N) is 1. The number of carboxylic acid groups (broad SMARTS) is 1. The van der Waals surface area contributed by atoms with Gasteiger partial charge in [-0.15, -0.1) is 0 Å². The third-order valence-corrected chi connectivity index (χ3v) is 2.54. The van der Waals surface area contributed by atoms with Gasteiger partial charge in [0.15, 0.2) is 0 Å². The molecule has 0 aliphatic carbocycles. The molecule has 2 N–H and O–H groups in total. The molecule has 0 fully saturated rings. The monoisotopic (exact) mass is 258 g/mol. The third-order valence-electron chi connectivity index (χ3n) is 2.54. The SMILES string of the molecule is COc1cccc(Nc2cc(C(=O)O)cc(C)n2)c1. The van der Waals surface area contributed by atoms with Crippen molar-refractivity contribution >= 4 is 17.5 Å². The van der Waals surface area contributed by atoms with Gasteiger partial charge in [0.25, 0.3) is 0 Å². The fourth-order valence-corrected chi connectivity index (χ4v) is 1.70. The van der Waals surface area contributed by atoms with E-state index in [0.717, 1.165) is 11.4 Å². The fourth-order valence-electron chi connectivity index (χ4n) is 1.70. The average Bonchev–Trinajstić information content (AvgIpc) is 2.38. The molecule has 5 heteroatoms. The molecule has 0 atom stereocenters. The van der Waals surface area contributed by atoms with Crippen LogP contribution in [-0.4, -0.2) is 23.2 Å². The predicted octanol–water partition coefficient (Wildman–Crippen LogP) is 2.84. The molecule has 2 aromatic rings. The number of anilines is 2. The number of aromatic carboxylic acids is 1. The highest BCUT2D eigenvalue weighted by Crippen LogP contribution is 2.21. The van der Waals surface area contributed by atoms with Gasteiger partial charge in [-0.3, -0.25) is 0 Å². The first kappa shape index (κ1) is 12.9. The number of aryl methyl sites for hydroxylation is 1. The lowest BCUT2D eigenvalue weighted by molar-refractivity contribution is 0.0696. The second kappa shape index (κ2) is 5.39. The molecule has 0 bridgehead atoms. The number of nitrogens with one attached hydrogen (secondary N) is 1. The molecule has 0 aliphatic heterocycles. The van der Waals surface area contributed by atoms with Crippen molar-refractivity contribution in [1.29, 1.82) is 0 Å². The zero-order chi connectivity index (χ0) is 13.8. The molecule has 1 heterocycles. The molecule has 0 spiro atoms. The van der Waals surface area contributed by atoms with Crippen LogP contribution in [0.15, 0.2) is 36.4 Å². The molecule has 19 heavy (non-hydrogen) atoms. The van der Waals surface area contributed by atoms with E-state index < -0.39 is 5.97 Å². The standard InChI is InChI=1S/C14H14N2O3/c1-9-6-10(14(17)18)7-13(15-9)16-11-4-3-5-12(8-11)19-2/h3-8H,1-2H3,(H,15,16)(H,17,18). The van der Waals surface area contributed by atoms with Crippen LogP contribution in [0.3, 0.4) is 0 Å². The molecule has 0 unspecified atom stereocenters. The quantitative estimate of drug-likeness (QED) is 0.882. The highest BCUT2D eigenvalue weighted by molar-refractivity contribution is 5.88. The molecule has 1 aromatic heterocycles. The summed E-state index contributed by atoms with van der Waals surface area (Å²) >= 11 is 0. The molecule has 1 aromatic carbocycles. The topological polar surface area (TPSA) is 71.5 Å². The summed E-state index contributed by atoms with van der Waals surface area (Å²) in [5.41, 5.74) is 1.64. The second-order valence-electron chi connectivity index (χ2n) is 4.04. The highest BCUT2D eigenvalue weighted by atomic mass is 16.5. The number of rotatable bonds is 4. The number of ether oxygens (including phenoxy) is 1. The van der Waals surface area contributed by atoms with Crippen molar-refractivity contribution in [3.63, 3.8) is 0 Å². The summed E-state index contributed by atoms with van der Waals surface area (Å²) in [4.78, 5) is 15.2. The Morgan fingerprint density at radius 1 is 1.32 bits per heavy atom. The van der Waals surface area contributed by atoms with Crippen LogP contribution in [0, 0.1) is 6.92 Å². The van der Waals surface area contributed by atoms with E-state index in [-0.39, 0.29) is 5.56 Å². The molecule has 0 saturated carbocycles. The number of benzene rings is 1. The first-order valence-corrected chi connectivity index (χ1v) is 5.71. The van der Waals surface area contributed by atoms with Crippen molar-refractivity contribution in [3.05, 3.63) is 47.7 Å². The summed E-state index contributed by atoms with van der Waals surface area (Å²) in [6, 6.07) is 10.4. The first-order valence-electron chi connectivity index (χ1n) is 5.71. The minimum Gasteiger partial charge on any atom is -0.497 e. The molecule has 2 rings (SSSR count). The molecule has 0 aliphatic rings. The van der Waals surface area contributed by atoms with E-state index in [1.807, 2.05) is 24.3 Å². The van der Waals surface area contributed by atoms with Crippen molar-refractivity contribution in [2.75, 3.05) is 12.4 Å². The summed E-state index contributed by atoms with van der Waals surface area (Å²) in [6.45, 7) is 1.75.